The van der Waals surface area contributed by atoms with Crippen molar-refractivity contribution in [1.82, 2.24) is 0 Å². The summed E-state index contributed by atoms with van der Waals surface area (Å²) in [7, 11) is 0. The standard InChI is InChI=1S/C16H23N3O2/c1-16(21)5-2-7-19(8-6-16)14-9-11-3-4-15(20)18-13(11)10-12(14)17/h9-10,21H,2-8,17H2,1H3,(H,18,20). The van der Waals surface area contributed by atoms with Crippen molar-refractivity contribution >= 4 is 23.0 Å². The molecule has 21 heavy (non-hydrogen) atoms. The Morgan fingerprint density at radius 2 is 2.10 bits per heavy atom. The van der Waals surface area contributed by atoms with Crippen LogP contribution >= 0.6 is 0 Å². The third kappa shape index (κ3) is 2.97. The second-order valence-corrected chi connectivity index (χ2v) is 6.45. The van der Waals surface area contributed by atoms with Crippen molar-refractivity contribution in [2.45, 2.75) is 44.6 Å². The van der Waals surface area contributed by atoms with E-state index < -0.39 is 5.60 Å². The van der Waals surface area contributed by atoms with E-state index in [1.807, 2.05) is 13.0 Å². The number of carbonyl (C=O) groups is 1. The van der Waals surface area contributed by atoms with Gasteiger partial charge in [-0.1, -0.05) is 0 Å². The molecule has 1 fully saturated rings. The van der Waals surface area contributed by atoms with Gasteiger partial charge in [-0.25, -0.2) is 0 Å². The van der Waals surface area contributed by atoms with E-state index >= 15 is 0 Å². The maximum atomic E-state index is 11.5. The number of aliphatic hydroxyl groups is 1. The molecular weight excluding hydrogens is 266 g/mol. The average Bonchev–Trinajstić information content (AvgIpc) is 2.59. The predicted molar refractivity (Wildman–Crippen MR) is 84.5 cm³/mol. The number of nitrogen functional groups attached to an aromatic ring is 1. The Morgan fingerprint density at radius 1 is 1.29 bits per heavy atom. The van der Waals surface area contributed by atoms with Gasteiger partial charge in [0.15, 0.2) is 0 Å². The molecule has 0 aromatic heterocycles. The van der Waals surface area contributed by atoms with Crippen molar-refractivity contribution < 1.29 is 9.90 Å². The molecule has 1 atom stereocenters. The second kappa shape index (κ2) is 5.22. The summed E-state index contributed by atoms with van der Waals surface area (Å²) in [6.45, 7) is 3.62. The molecule has 3 rings (SSSR count). The van der Waals surface area contributed by atoms with Crippen LogP contribution in [0.1, 0.15) is 38.2 Å². The van der Waals surface area contributed by atoms with Gasteiger partial charge >= 0.3 is 0 Å². The molecule has 0 radical (unpaired) electrons. The highest BCUT2D eigenvalue weighted by molar-refractivity contribution is 5.95. The van der Waals surface area contributed by atoms with Crippen LogP contribution in [0, 0.1) is 0 Å². The molecule has 4 N–H and O–H groups in total. The van der Waals surface area contributed by atoms with Crippen LogP contribution in [0.15, 0.2) is 12.1 Å². The summed E-state index contributed by atoms with van der Waals surface area (Å²) in [6.07, 6.45) is 3.83. The molecule has 2 aliphatic heterocycles. The summed E-state index contributed by atoms with van der Waals surface area (Å²) in [5, 5.41) is 13.1. The topological polar surface area (TPSA) is 78.6 Å². The van der Waals surface area contributed by atoms with E-state index in [-0.39, 0.29) is 5.91 Å². The van der Waals surface area contributed by atoms with Gasteiger partial charge in [-0.2, -0.15) is 0 Å². The van der Waals surface area contributed by atoms with Crippen molar-refractivity contribution in [2.75, 3.05) is 29.0 Å². The highest BCUT2D eigenvalue weighted by Crippen LogP contribution is 2.35. The van der Waals surface area contributed by atoms with Crippen molar-refractivity contribution in [3.8, 4) is 0 Å². The van der Waals surface area contributed by atoms with E-state index in [0.29, 0.717) is 12.1 Å². The fraction of sp³-hybridized carbons (Fsp3) is 0.562. The zero-order valence-electron chi connectivity index (χ0n) is 12.5. The summed E-state index contributed by atoms with van der Waals surface area (Å²) >= 11 is 0. The molecule has 114 valence electrons. The van der Waals surface area contributed by atoms with Crippen LogP contribution in [-0.4, -0.2) is 29.7 Å². The largest absolute Gasteiger partial charge is 0.397 e. The Bertz CT molecular complexity index is 569. The lowest BCUT2D eigenvalue weighted by Gasteiger charge is -2.28. The third-order valence-electron chi connectivity index (χ3n) is 4.55. The van der Waals surface area contributed by atoms with Crippen LogP contribution in [0.3, 0.4) is 0 Å². The van der Waals surface area contributed by atoms with E-state index in [0.717, 1.165) is 55.7 Å². The Kier molecular flexibility index (Phi) is 3.53. The molecule has 0 spiro atoms. The zero-order valence-corrected chi connectivity index (χ0v) is 12.5. The molecule has 0 bridgehead atoms. The molecular formula is C16H23N3O2. The number of hydrogen-bond acceptors (Lipinski definition) is 4. The number of hydrogen-bond donors (Lipinski definition) is 3. The van der Waals surface area contributed by atoms with Gasteiger partial charge in [0.1, 0.15) is 0 Å². The number of nitrogens with one attached hydrogen (secondary N) is 1. The Labute approximate surface area is 125 Å². The van der Waals surface area contributed by atoms with Gasteiger partial charge in [-0.15, -0.1) is 0 Å². The summed E-state index contributed by atoms with van der Waals surface area (Å²) < 4.78 is 0. The summed E-state index contributed by atoms with van der Waals surface area (Å²) in [6, 6.07) is 3.97. The van der Waals surface area contributed by atoms with E-state index in [4.69, 9.17) is 5.73 Å². The Balaban J connectivity index is 1.87. The summed E-state index contributed by atoms with van der Waals surface area (Å²) in [4.78, 5) is 13.7. The number of benzene rings is 1. The van der Waals surface area contributed by atoms with Crippen LogP contribution in [0.5, 0.6) is 0 Å². The molecule has 1 aromatic rings. The normalized spacial score (nSPS) is 26.0. The Hall–Kier alpha value is -1.75. The minimum absolute atomic E-state index is 0.0560. The second-order valence-electron chi connectivity index (χ2n) is 6.45. The minimum atomic E-state index is -0.578. The van der Waals surface area contributed by atoms with Crippen LogP contribution in [0.25, 0.3) is 0 Å². The number of fused-ring (bicyclic) bond motifs is 1. The van der Waals surface area contributed by atoms with Crippen LogP contribution in [0.4, 0.5) is 17.1 Å². The van der Waals surface area contributed by atoms with Crippen LogP contribution in [0.2, 0.25) is 0 Å². The molecule has 2 heterocycles. The first-order valence-electron chi connectivity index (χ1n) is 7.64. The van der Waals surface area contributed by atoms with Gasteiger partial charge in [0.2, 0.25) is 5.91 Å². The lowest BCUT2D eigenvalue weighted by Crippen LogP contribution is -2.29. The number of aryl methyl sites for hydroxylation is 1. The van der Waals surface area contributed by atoms with Gasteiger partial charge in [0.25, 0.3) is 0 Å². The van der Waals surface area contributed by atoms with Crippen molar-refractivity contribution in [1.29, 1.82) is 0 Å². The first-order valence-corrected chi connectivity index (χ1v) is 7.64. The van der Waals surface area contributed by atoms with Crippen LogP contribution < -0.4 is 16.0 Å². The van der Waals surface area contributed by atoms with E-state index in [1.54, 1.807) is 0 Å². The van der Waals surface area contributed by atoms with Gasteiger partial charge in [-0.3, -0.25) is 4.79 Å². The van der Waals surface area contributed by atoms with Crippen molar-refractivity contribution in [3.63, 3.8) is 0 Å². The molecule has 5 heteroatoms. The molecule has 0 aliphatic carbocycles. The lowest BCUT2D eigenvalue weighted by molar-refractivity contribution is -0.116. The first kappa shape index (κ1) is 14.2. The van der Waals surface area contributed by atoms with Gasteiger partial charge in [0, 0.05) is 25.2 Å². The van der Waals surface area contributed by atoms with E-state index in [2.05, 4.69) is 16.3 Å². The smallest absolute Gasteiger partial charge is 0.224 e. The highest BCUT2D eigenvalue weighted by Gasteiger charge is 2.26. The SMILES string of the molecule is CC1(O)CCCN(c2cc3c(cc2N)NC(=O)CC3)CC1. The number of rotatable bonds is 1. The van der Waals surface area contributed by atoms with Crippen LogP contribution in [-0.2, 0) is 11.2 Å². The first-order chi connectivity index (χ1) is 9.94. The van der Waals surface area contributed by atoms with Gasteiger partial charge in [0.05, 0.1) is 17.0 Å². The van der Waals surface area contributed by atoms with E-state index in [1.165, 1.54) is 0 Å². The fourth-order valence-corrected chi connectivity index (χ4v) is 3.21. The average molecular weight is 289 g/mol. The summed E-state index contributed by atoms with van der Waals surface area (Å²) in [5.74, 6) is 0.0560. The molecule has 0 saturated carbocycles. The molecule has 1 amide bonds. The zero-order chi connectivity index (χ0) is 15.0. The molecule has 1 unspecified atom stereocenters. The quantitative estimate of drug-likeness (QED) is 0.690. The highest BCUT2D eigenvalue weighted by atomic mass is 16.3. The fourth-order valence-electron chi connectivity index (χ4n) is 3.21. The maximum absolute atomic E-state index is 11.5. The molecule has 2 aliphatic rings. The van der Waals surface area contributed by atoms with Gasteiger partial charge in [-0.05, 0) is 50.3 Å². The maximum Gasteiger partial charge on any atom is 0.224 e. The van der Waals surface area contributed by atoms with Gasteiger partial charge < -0.3 is 21.1 Å². The lowest BCUT2D eigenvalue weighted by atomic mass is 9.98. The molecule has 1 saturated heterocycles. The monoisotopic (exact) mass is 289 g/mol. The number of anilines is 3. The molecule has 5 nitrogen and oxygen atoms in total. The predicted octanol–water partition coefficient (Wildman–Crippen LogP) is 1.89. The van der Waals surface area contributed by atoms with E-state index in [9.17, 15) is 9.90 Å². The molecule has 1 aromatic carbocycles. The number of amides is 1. The third-order valence-corrected chi connectivity index (χ3v) is 4.55. The minimum Gasteiger partial charge on any atom is -0.397 e. The van der Waals surface area contributed by atoms with Crippen molar-refractivity contribution in [2.24, 2.45) is 0 Å². The number of nitrogens with zero attached hydrogens (tertiary/aromatic N) is 1. The van der Waals surface area contributed by atoms with Crippen molar-refractivity contribution in [3.05, 3.63) is 17.7 Å². The number of nitrogens with two attached hydrogens (primary N) is 1. The Morgan fingerprint density at radius 3 is 2.90 bits per heavy atom. The summed E-state index contributed by atoms with van der Waals surface area (Å²) in [5.41, 5.74) is 9.32. The number of carbonyl (C=O) groups excluding carboxylic acids is 1.